The van der Waals surface area contributed by atoms with Crippen LogP contribution in [0.5, 0.6) is 5.75 Å². The van der Waals surface area contributed by atoms with Gasteiger partial charge in [-0.25, -0.2) is 14.4 Å². The highest BCUT2D eigenvalue weighted by atomic mass is 16.6. The van der Waals surface area contributed by atoms with E-state index >= 15 is 0 Å². The summed E-state index contributed by atoms with van der Waals surface area (Å²) in [5, 5.41) is 9.18. The van der Waals surface area contributed by atoms with E-state index in [-0.39, 0.29) is 41.2 Å². The molecule has 162 valence electrons. The smallest absolute Gasteiger partial charge is 0.350 e. The number of esters is 2. The number of cyclic esters (lactones) is 2. The van der Waals surface area contributed by atoms with E-state index in [0.717, 1.165) is 11.1 Å². The number of hydrogen-bond donors (Lipinski definition) is 1. The van der Waals surface area contributed by atoms with Gasteiger partial charge < -0.3 is 19.3 Å². The van der Waals surface area contributed by atoms with Crippen LogP contribution >= 0.6 is 0 Å². The van der Waals surface area contributed by atoms with E-state index in [0.29, 0.717) is 24.9 Å². The largest absolute Gasteiger partial charge is 0.492 e. The molecular formula is C24H18O8. The SMILES string of the molecule is O=Cc1c(OCc2ccc(COC3=C4C(=O)OC(=O)C4=CCC3)cc2)cccc1C(=O)O. The fourth-order valence-corrected chi connectivity index (χ4v) is 3.51. The topological polar surface area (TPSA) is 116 Å². The lowest BCUT2D eigenvalue weighted by Gasteiger charge is -2.15. The number of fused-ring (bicyclic) bond motifs is 1. The molecule has 32 heavy (non-hydrogen) atoms. The van der Waals surface area contributed by atoms with Crippen molar-refractivity contribution in [1.29, 1.82) is 0 Å². The quantitative estimate of drug-likeness (QED) is 0.382. The molecule has 1 saturated heterocycles. The first-order valence-corrected chi connectivity index (χ1v) is 9.83. The Hall–Kier alpha value is -4.20. The number of aldehydes is 1. The summed E-state index contributed by atoms with van der Waals surface area (Å²) in [4.78, 5) is 46.1. The number of carboxylic acid groups (broad SMARTS) is 1. The van der Waals surface area contributed by atoms with E-state index in [1.165, 1.54) is 12.1 Å². The molecule has 0 saturated carbocycles. The van der Waals surface area contributed by atoms with Crippen LogP contribution in [0, 0.1) is 0 Å². The van der Waals surface area contributed by atoms with Crippen molar-refractivity contribution in [2.45, 2.75) is 26.1 Å². The number of carbonyl (C=O) groups is 4. The molecule has 1 N–H and O–H groups in total. The van der Waals surface area contributed by atoms with E-state index in [2.05, 4.69) is 4.74 Å². The van der Waals surface area contributed by atoms with E-state index in [4.69, 9.17) is 9.47 Å². The molecule has 4 rings (SSSR count). The molecule has 1 heterocycles. The monoisotopic (exact) mass is 434 g/mol. The van der Waals surface area contributed by atoms with Gasteiger partial charge in [0.05, 0.1) is 16.7 Å². The van der Waals surface area contributed by atoms with Crippen LogP contribution in [-0.4, -0.2) is 29.3 Å². The highest BCUT2D eigenvalue weighted by molar-refractivity contribution is 6.18. The first-order valence-electron chi connectivity index (χ1n) is 9.83. The molecule has 0 unspecified atom stereocenters. The summed E-state index contributed by atoms with van der Waals surface area (Å²) in [6.07, 6.45) is 3.27. The molecule has 0 radical (unpaired) electrons. The van der Waals surface area contributed by atoms with Crippen LogP contribution in [0.4, 0.5) is 0 Å². The number of carboxylic acids is 1. The fraction of sp³-hybridized carbons (Fsp3) is 0.167. The average molecular weight is 434 g/mol. The van der Waals surface area contributed by atoms with Crippen LogP contribution in [0.3, 0.4) is 0 Å². The summed E-state index contributed by atoms with van der Waals surface area (Å²) in [6, 6.07) is 11.7. The second kappa shape index (κ2) is 8.89. The minimum Gasteiger partial charge on any atom is -0.492 e. The normalized spacial score (nSPS) is 15.1. The molecule has 2 aliphatic rings. The zero-order valence-electron chi connectivity index (χ0n) is 16.8. The predicted molar refractivity (Wildman–Crippen MR) is 110 cm³/mol. The Morgan fingerprint density at radius 1 is 1.00 bits per heavy atom. The highest BCUT2D eigenvalue weighted by Gasteiger charge is 2.38. The molecule has 1 aliphatic heterocycles. The van der Waals surface area contributed by atoms with Crippen LogP contribution in [0.25, 0.3) is 0 Å². The van der Waals surface area contributed by atoms with Crippen LogP contribution in [0.15, 0.2) is 65.4 Å². The fourth-order valence-electron chi connectivity index (χ4n) is 3.51. The van der Waals surface area contributed by atoms with Crippen molar-refractivity contribution in [3.05, 3.63) is 87.7 Å². The molecule has 0 bridgehead atoms. The van der Waals surface area contributed by atoms with E-state index in [1.54, 1.807) is 12.1 Å². The average Bonchev–Trinajstić information content (AvgIpc) is 3.10. The van der Waals surface area contributed by atoms with Gasteiger partial charge in [0.25, 0.3) is 0 Å². The number of carbonyl (C=O) groups excluding carboxylic acids is 3. The van der Waals surface area contributed by atoms with Crippen molar-refractivity contribution in [2.75, 3.05) is 0 Å². The lowest BCUT2D eigenvalue weighted by molar-refractivity contribution is -0.149. The van der Waals surface area contributed by atoms with Crippen molar-refractivity contribution in [1.82, 2.24) is 0 Å². The van der Waals surface area contributed by atoms with Gasteiger partial charge in [-0.15, -0.1) is 0 Å². The summed E-state index contributed by atoms with van der Waals surface area (Å²) in [7, 11) is 0. The summed E-state index contributed by atoms with van der Waals surface area (Å²) in [5.41, 5.74) is 2.00. The van der Waals surface area contributed by atoms with Crippen LogP contribution in [-0.2, 0) is 32.3 Å². The third kappa shape index (κ3) is 4.15. The minimum absolute atomic E-state index is 0.00985. The van der Waals surface area contributed by atoms with E-state index < -0.39 is 17.9 Å². The summed E-state index contributed by atoms with van der Waals surface area (Å²) < 4.78 is 16.1. The number of allylic oxidation sites excluding steroid dienone is 2. The zero-order valence-corrected chi connectivity index (χ0v) is 16.8. The summed E-state index contributed by atoms with van der Waals surface area (Å²) in [5.74, 6) is -1.87. The Morgan fingerprint density at radius 2 is 1.69 bits per heavy atom. The third-order valence-corrected chi connectivity index (χ3v) is 5.12. The Kier molecular flexibility index (Phi) is 5.85. The number of ether oxygens (including phenoxy) is 3. The zero-order chi connectivity index (χ0) is 22.7. The van der Waals surface area contributed by atoms with Crippen molar-refractivity contribution in [2.24, 2.45) is 0 Å². The maximum absolute atomic E-state index is 11.9. The van der Waals surface area contributed by atoms with Gasteiger partial charge >= 0.3 is 17.9 Å². The second-order valence-corrected chi connectivity index (χ2v) is 7.17. The lowest BCUT2D eigenvalue weighted by Crippen LogP contribution is -2.07. The molecule has 2 aromatic rings. The van der Waals surface area contributed by atoms with Gasteiger partial charge in [0.2, 0.25) is 0 Å². The molecule has 8 heteroatoms. The molecule has 8 nitrogen and oxygen atoms in total. The highest BCUT2D eigenvalue weighted by Crippen LogP contribution is 2.33. The van der Waals surface area contributed by atoms with Crippen molar-refractivity contribution < 1.29 is 38.5 Å². The molecule has 0 amide bonds. The third-order valence-electron chi connectivity index (χ3n) is 5.12. The minimum atomic E-state index is -1.20. The Balaban J connectivity index is 1.40. The predicted octanol–water partition coefficient (Wildman–Crippen LogP) is 3.35. The molecule has 1 aliphatic carbocycles. The van der Waals surface area contributed by atoms with Crippen LogP contribution in [0.2, 0.25) is 0 Å². The second-order valence-electron chi connectivity index (χ2n) is 7.17. The van der Waals surface area contributed by atoms with Crippen molar-refractivity contribution in [3.8, 4) is 5.75 Å². The van der Waals surface area contributed by atoms with Gasteiger partial charge in [-0.1, -0.05) is 36.4 Å². The van der Waals surface area contributed by atoms with E-state index in [1.807, 2.05) is 24.3 Å². The van der Waals surface area contributed by atoms with Gasteiger partial charge in [0.1, 0.15) is 30.3 Å². The molecule has 2 aromatic carbocycles. The Morgan fingerprint density at radius 3 is 2.34 bits per heavy atom. The molecular weight excluding hydrogens is 416 g/mol. The maximum Gasteiger partial charge on any atom is 0.350 e. The molecule has 0 aromatic heterocycles. The molecule has 0 atom stereocenters. The standard InChI is InChI=1S/C24H18O8/c25-11-18-16(22(26)27)3-1-5-19(18)30-12-14-7-9-15(10-8-14)13-31-20-6-2-4-17-21(20)24(29)32-23(17)28/h1,3-5,7-11H,2,6,12-13H2,(H,26,27). The number of rotatable bonds is 8. The van der Waals surface area contributed by atoms with Gasteiger partial charge in [-0.05, 0) is 29.7 Å². The van der Waals surface area contributed by atoms with Crippen molar-refractivity contribution >= 4 is 24.2 Å². The first-order chi connectivity index (χ1) is 15.5. The van der Waals surface area contributed by atoms with Gasteiger partial charge in [-0.2, -0.15) is 0 Å². The van der Waals surface area contributed by atoms with Gasteiger partial charge in [0.15, 0.2) is 6.29 Å². The summed E-state index contributed by atoms with van der Waals surface area (Å²) in [6.45, 7) is 0.354. The molecule has 1 fully saturated rings. The Bertz CT molecular complexity index is 1170. The van der Waals surface area contributed by atoms with Crippen molar-refractivity contribution in [3.63, 3.8) is 0 Å². The number of aromatic carboxylic acids is 1. The number of benzene rings is 2. The lowest BCUT2D eigenvalue weighted by atomic mass is 9.98. The maximum atomic E-state index is 11.9. The Labute approximate surface area is 182 Å². The van der Waals surface area contributed by atoms with Gasteiger partial charge in [0, 0.05) is 6.42 Å². The van der Waals surface area contributed by atoms with E-state index in [9.17, 15) is 24.3 Å². The molecule has 0 spiro atoms. The number of hydrogen-bond acceptors (Lipinski definition) is 7. The van der Waals surface area contributed by atoms with Crippen LogP contribution < -0.4 is 4.74 Å². The van der Waals surface area contributed by atoms with Crippen LogP contribution in [0.1, 0.15) is 44.7 Å². The van der Waals surface area contributed by atoms with Gasteiger partial charge in [-0.3, -0.25) is 4.79 Å². The first kappa shape index (κ1) is 21.0. The summed E-state index contributed by atoms with van der Waals surface area (Å²) >= 11 is 0.